The minimum atomic E-state index is -3.06. The fourth-order valence-electron chi connectivity index (χ4n) is 2.70. The van der Waals surface area contributed by atoms with Crippen LogP contribution >= 0.6 is 0 Å². The molecule has 0 radical (unpaired) electrons. The van der Waals surface area contributed by atoms with E-state index in [0.29, 0.717) is 12.6 Å². The average Bonchev–Trinajstić information content (AvgIpc) is 2.65. The summed E-state index contributed by atoms with van der Waals surface area (Å²) in [5.41, 5.74) is 0. The van der Waals surface area contributed by atoms with E-state index in [1.54, 1.807) is 0 Å². The third kappa shape index (κ3) is 2.94. The number of hydrogen-bond acceptors (Lipinski definition) is 4. The zero-order valence-electron chi connectivity index (χ0n) is 9.78. The molecule has 0 aromatic heterocycles. The Kier molecular flexibility index (Phi) is 3.84. The Balaban J connectivity index is 1.74. The standard InChI is InChI=1S/C10H21N3O2S/c1-11-16(14,15)7-4-12-10-3-6-13-5-2-9(10)8-13/h9-12H,2-8H2,1H3. The second-order valence-corrected chi connectivity index (χ2v) is 6.77. The Morgan fingerprint density at radius 1 is 1.31 bits per heavy atom. The van der Waals surface area contributed by atoms with Gasteiger partial charge in [-0.3, -0.25) is 0 Å². The van der Waals surface area contributed by atoms with Crippen molar-refractivity contribution in [1.29, 1.82) is 0 Å². The van der Waals surface area contributed by atoms with Crippen molar-refractivity contribution in [3.05, 3.63) is 0 Å². The molecule has 2 aliphatic rings. The molecule has 0 aliphatic carbocycles. The van der Waals surface area contributed by atoms with Gasteiger partial charge in [0.2, 0.25) is 10.0 Å². The van der Waals surface area contributed by atoms with Crippen LogP contribution in [-0.4, -0.2) is 58.3 Å². The normalized spacial score (nSPS) is 34.2. The molecule has 6 heteroatoms. The summed E-state index contributed by atoms with van der Waals surface area (Å²) < 4.78 is 24.8. The third-order valence-corrected chi connectivity index (χ3v) is 5.09. The predicted molar refractivity (Wildman–Crippen MR) is 63.8 cm³/mol. The molecule has 3 atom stereocenters. The van der Waals surface area contributed by atoms with Gasteiger partial charge in [-0.2, -0.15) is 0 Å². The second-order valence-electron chi connectivity index (χ2n) is 4.72. The van der Waals surface area contributed by atoms with Gasteiger partial charge in [0, 0.05) is 19.1 Å². The van der Waals surface area contributed by atoms with E-state index in [1.165, 1.54) is 26.6 Å². The van der Waals surface area contributed by atoms with E-state index in [1.807, 2.05) is 0 Å². The highest BCUT2D eigenvalue weighted by Crippen LogP contribution is 2.26. The van der Waals surface area contributed by atoms with E-state index in [0.717, 1.165) is 18.9 Å². The number of rotatable bonds is 5. The number of nitrogens with one attached hydrogen (secondary N) is 2. The molecule has 2 aliphatic heterocycles. The van der Waals surface area contributed by atoms with Gasteiger partial charge < -0.3 is 10.2 Å². The summed E-state index contributed by atoms with van der Waals surface area (Å²) >= 11 is 0. The van der Waals surface area contributed by atoms with Crippen LogP contribution in [0.15, 0.2) is 0 Å². The minimum absolute atomic E-state index is 0.177. The molecule has 16 heavy (non-hydrogen) atoms. The highest BCUT2D eigenvalue weighted by Gasteiger charge is 2.33. The highest BCUT2D eigenvalue weighted by atomic mass is 32.2. The number of hydrogen-bond donors (Lipinski definition) is 2. The highest BCUT2D eigenvalue weighted by molar-refractivity contribution is 7.89. The van der Waals surface area contributed by atoms with Crippen LogP contribution in [0.5, 0.6) is 0 Å². The van der Waals surface area contributed by atoms with Gasteiger partial charge in [-0.05, 0) is 38.9 Å². The molecule has 2 rings (SSSR count). The number of fused-ring (bicyclic) bond motifs is 2. The van der Waals surface area contributed by atoms with Gasteiger partial charge in [0.25, 0.3) is 0 Å². The van der Waals surface area contributed by atoms with Gasteiger partial charge in [-0.1, -0.05) is 0 Å². The van der Waals surface area contributed by atoms with E-state index < -0.39 is 10.0 Å². The largest absolute Gasteiger partial charge is 0.313 e. The average molecular weight is 247 g/mol. The number of piperidine rings is 1. The van der Waals surface area contributed by atoms with Crippen molar-refractivity contribution in [3.63, 3.8) is 0 Å². The molecule has 2 bridgehead atoms. The lowest BCUT2D eigenvalue weighted by molar-refractivity contribution is 0.223. The minimum Gasteiger partial charge on any atom is -0.313 e. The summed E-state index contributed by atoms with van der Waals surface area (Å²) in [6.45, 7) is 4.13. The zero-order valence-corrected chi connectivity index (χ0v) is 10.6. The Morgan fingerprint density at radius 3 is 2.81 bits per heavy atom. The van der Waals surface area contributed by atoms with Gasteiger partial charge in [-0.15, -0.1) is 0 Å². The van der Waals surface area contributed by atoms with E-state index >= 15 is 0 Å². The quantitative estimate of drug-likeness (QED) is 0.669. The maximum Gasteiger partial charge on any atom is 0.212 e. The summed E-state index contributed by atoms with van der Waals surface area (Å²) in [6, 6.07) is 0.519. The summed E-state index contributed by atoms with van der Waals surface area (Å²) in [7, 11) is -1.59. The van der Waals surface area contributed by atoms with Gasteiger partial charge in [0.1, 0.15) is 0 Å². The first-order chi connectivity index (χ1) is 7.61. The van der Waals surface area contributed by atoms with Gasteiger partial charge in [-0.25, -0.2) is 13.1 Å². The first-order valence-corrected chi connectivity index (χ1v) is 7.63. The molecule has 0 amide bonds. The second kappa shape index (κ2) is 5.00. The van der Waals surface area contributed by atoms with E-state index in [9.17, 15) is 8.42 Å². The van der Waals surface area contributed by atoms with Crippen molar-refractivity contribution in [2.24, 2.45) is 5.92 Å². The molecular formula is C10H21N3O2S. The van der Waals surface area contributed by atoms with Crippen molar-refractivity contribution in [1.82, 2.24) is 14.9 Å². The number of sulfonamides is 1. The van der Waals surface area contributed by atoms with Crippen LogP contribution in [-0.2, 0) is 10.0 Å². The van der Waals surface area contributed by atoms with Gasteiger partial charge >= 0.3 is 0 Å². The molecule has 5 nitrogen and oxygen atoms in total. The smallest absolute Gasteiger partial charge is 0.212 e. The summed E-state index contributed by atoms with van der Waals surface area (Å²) in [4.78, 5) is 2.49. The van der Waals surface area contributed by atoms with Crippen molar-refractivity contribution in [2.45, 2.75) is 18.9 Å². The summed E-state index contributed by atoms with van der Waals surface area (Å²) in [6.07, 6.45) is 2.42. The summed E-state index contributed by atoms with van der Waals surface area (Å²) in [5.74, 6) is 0.905. The lowest BCUT2D eigenvalue weighted by Gasteiger charge is -2.31. The zero-order chi connectivity index (χ0) is 11.6. The van der Waals surface area contributed by atoms with E-state index in [-0.39, 0.29) is 5.75 Å². The van der Waals surface area contributed by atoms with Crippen LogP contribution in [0.1, 0.15) is 12.8 Å². The monoisotopic (exact) mass is 247 g/mol. The molecule has 2 saturated heterocycles. The van der Waals surface area contributed by atoms with Crippen molar-refractivity contribution in [2.75, 3.05) is 39.0 Å². The fraction of sp³-hybridized carbons (Fsp3) is 1.00. The Hall–Kier alpha value is -0.170. The molecule has 0 aromatic rings. The molecule has 3 unspecified atom stereocenters. The lowest BCUT2D eigenvalue weighted by Crippen LogP contribution is -2.45. The lowest BCUT2D eigenvalue weighted by atomic mass is 9.94. The van der Waals surface area contributed by atoms with E-state index in [4.69, 9.17) is 0 Å². The molecule has 0 aromatic carbocycles. The Labute approximate surface area is 97.6 Å². The van der Waals surface area contributed by atoms with Gasteiger partial charge in [0.15, 0.2) is 0 Å². The first kappa shape index (κ1) is 12.3. The molecule has 94 valence electrons. The molecule has 0 spiro atoms. The molecule has 2 fully saturated rings. The first-order valence-electron chi connectivity index (χ1n) is 5.98. The van der Waals surface area contributed by atoms with Crippen LogP contribution in [0.4, 0.5) is 0 Å². The van der Waals surface area contributed by atoms with Crippen LogP contribution in [0.3, 0.4) is 0 Å². The van der Waals surface area contributed by atoms with Crippen LogP contribution in [0, 0.1) is 5.92 Å². The Bertz CT molecular complexity index is 331. The van der Waals surface area contributed by atoms with Crippen LogP contribution in [0.25, 0.3) is 0 Å². The molecular weight excluding hydrogens is 226 g/mol. The molecule has 2 heterocycles. The van der Waals surface area contributed by atoms with Crippen LogP contribution < -0.4 is 10.0 Å². The van der Waals surface area contributed by atoms with E-state index in [2.05, 4.69) is 14.9 Å². The van der Waals surface area contributed by atoms with Crippen LogP contribution in [0.2, 0.25) is 0 Å². The maximum atomic E-state index is 11.2. The topological polar surface area (TPSA) is 61.4 Å². The maximum absolute atomic E-state index is 11.2. The molecule has 2 N–H and O–H groups in total. The van der Waals surface area contributed by atoms with Gasteiger partial charge in [0.05, 0.1) is 5.75 Å². The molecule has 0 saturated carbocycles. The predicted octanol–water partition coefficient (Wildman–Crippen LogP) is -0.781. The third-order valence-electron chi connectivity index (χ3n) is 3.72. The van der Waals surface area contributed by atoms with Crippen molar-refractivity contribution < 1.29 is 8.42 Å². The fourth-order valence-corrected chi connectivity index (χ4v) is 3.29. The SMILES string of the molecule is CNS(=O)(=O)CCNC1CCN2CCC1C2. The summed E-state index contributed by atoms with van der Waals surface area (Å²) in [5, 5.41) is 3.39. The van der Waals surface area contributed by atoms with Crippen molar-refractivity contribution >= 4 is 10.0 Å². The number of nitrogens with zero attached hydrogens (tertiary/aromatic N) is 1. The Morgan fingerprint density at radius 2 is 2.06 bits per heavy atom. The van der Waals surface area contributed by atoms with Crippen molar-refractivity contribution in [3.8, 4) is 0 Å².